The van der Waals surface area contributed by atoms with Gasteiger partial charge in [-0.1, -0.05) is 0 Å². The number of nitro benzene ring substituents is 1. The summed E-state index contributed by atoms with van der Waals surface area (Å²) in [5, 5.41) is 13.4. The zero-order valence-corrected chi connectivity index (χ0v) is 14.2. The van der Waals surface area contributed by atoms with E-state index in [1.165, 1.54) is 26.2 Å². The van der Waals surface area contributed by atoms with Gasteiger partial charge in [-0.25, -0.2) is 13.6 Å². The molecule has 0 radical (unpaired) electrons. The van der Waals surface area contributed by atoms with E-state index in [4.69, 9.17) is 4.74 Å². The monoisotopic (exact) mass is 380 g/mol. The van der Waals surface area contributed by atoms with Crippen LogP contribution in [0.2, 0.25) is 0 Å². The van der Waals surface area contributed by atoms with Crippen LogP contribution < -0.4 is 10.1 Å². The van der Waals surface area contributed by atoms with Crippen LogP contribution in [0.15, 0.2) is 30.3 Å². The van der Waals surface area contributed by atoms with E-state index in [0.29, 0.717) is 11.6 Å². The molecule has 2 rings (SSSR count). The van der Waals surface area contributed by atoms with Gasteiger partial charge in [-0.2, -0.15) is 0 Å². The zero-order chi connectivity index (χ0) is 20.1. The highest BCUT2D eigenvalue weighted by molar-refractivity contribution is 5.96. The molecule has 2 aromatic rings. The van der Waals surface area contributed by atoms with Gasteiger partial charge in [0.2, 0.25) is 0 Å². The molecule has 0 saturated heterocycles. The lowest BCUT2D eigenvalue weighted by molar-refractivity contribution is -0.385. The van der Waals surface area contributed by atoms with E-state index in [2.05, 4.69) is 10.1 Å². The molecule has 27 heavy (non-hydrogen) atoms. The number of rotatable bonds is 6. The summed E-state index contributed by atoms with van der Waals surface area (Å²) in [5.74, 6) is -3.93. The Morgan fingerprint density at radius 1 is 1.22 bits per heavy atom. The van der Waals surface area contributed by atoms with Crippen LogP contribution in [0.25, 0.3) is 0 Å². The van der Waals surface area contributed by atoms with E-state index < -0.39 is 40.6 Å². The van der Waals surface area contributed by atoms with Crippen molar-refractivity contribution in [2.75, 3.05) is 19.0 Å². The van der Waals surface area contributed by atoms with Crippen LogP contribution in [0.3, 0.4) is 0 Å². The van der Waals surface area contributed by atoms with Crippen LogP contribution in [0.4, 0.5) is 20.2 Å². The van der Waals surface area contributed by atoms with Gasteiger partial charge in [-0.15, -0.1) is 0 Å². The van der Waals surface area contributed by atoms with Gasteiger partial charge in [0.1, 0.15) is 11.6 Å². The van der Waals surface area contributed by atoms with Crippen molar-refractivity contribution >= 4 is 23.3 Å². The number of benzene rings is 2. The normalized spacial score (nSPS) is 10.2. The molecular weight excluding hydrogens is 366 g/mol. The lowest BCUT2D eigenvalue weighted by atomic mass is 10.1. The van der Waals surface area contributed by atoms with Crippen molar-refractivity contribution in [1.82, 2.24) is 0 Å². The molecule has 0 aliphatic heterocycles. The third-order valence-corrected chi connectivity index (χ3v) is 3.48. The number of amides is 1. The van der Waals surface area contributed by atoms with Gasteiger partial charge in [0, 0.05) is 23.9 Å². The molecule has 10 heteroatoms. The van der Waals surface area contributed by atoms with Crippen molar-refractivity contribution in [2.45, 2.75) is 6.92 Å². The number of halogens is 2. The Morgan fingerprint density at radius 3 is 2.52 bits per heavy atom. The molecule has 1 amide bonds. The quantitative estimate of drug-likeness (QED) is 0.469. The number of anilines is 1. The van der Waals surface area contributed by atoms with Crippen LogP contribution >= 0.6 is 0 Å². The van der Waals surface area contributed by atoms with Crippen molar-refractivity contribution in [1.29, 1.82) is 0 Å². The minimum absolute atomic E-state index is 0.0636. The summed E-state index contributed by atoms with van der Waals surface area (Å²) in [6.07, 6.45) is 0. The van der Waals surface area contributed by atoms with Crippen LogP contribution in [0.1, 0.15) is 15.9 Å². The number of hydrogen-bond donors (Lipinski definition) is 1. The Hall–Kier alpha value is -3.56. The Morgan fingerprint density at radius 2 is 1.93 bits per heavy atom. The first kappa shape index (κ1) is 19.8. The smallest absolute Gasteiger partial charge is 0.341 e. The van der Waals surface area contributed by atoms with Gasteiger partial charge in [-0.05, 0) is 24.6 Å². The summed E-state index contributed by atoms with van der Waals surface area (Å²) >= 11 is 0. The van der Waals surface area contributed by atoms with Gasteiger partial charge < -0.3 is 14.8 Å². The number of nitrogens with one attached hydrogen (secondary N) is 1. The fraction of sp³-hybridized carbons (Fsp3) is 0.176. The third-order valence-electron chi connectivity index (χ3n) is 3.48. The van der Waals surface area contributed by atoms with Crippen molar-refractivity contribution in [2.24, 2.45) is 0 Å². The first-order chi connectivity index (χ1) is 12.7. The van der Waals surface area contributed by atoms with E-state index in [1.807, 2.05) is 0 Å². The van der Waals surface area contributed by atoms with Crippen molar-refractivity contribution in [3.8, 4) is 5.75 Å². The Bertz CT molecular complexity index is 917. The number of nitrogens with zero attached hydrogens (tertiary/aromatic N) is 1. The minimum Gasteiger partial charge on any atom is -0.490 e. The van der Waals surface area contributed by atoms with Crippen LogP contribution in [-0.2, 0) is 9.53 Å². The molecule has 142 valence electrons. The fourth-order valence-electron chi connectivity index (χ4n) is 2.16. The number of ether oxygens (including phenoxy) is 2. The van der Waals surface area contributed by atoms with Gasteiger partial charge in [-0.3, -0.25) is 14.9 Å². The standard InChI is InChI=1S/C17H14F2N2O6/c1-9-5-14(21(24)25)15(26-2)7-13(9)20-16(22)8-27-17(23)11-4-3-10(18)6-12(11)19/h3-7H,8H2,1-2H3,(H,20,22). The molecule has 0 saturated carbocycles. The Balaban J connectivity index is 2.05. The number of methoxy groups -OCH3 is 1. The Labute approximate surface area is 151 Å². The minimum atomic E-state index is -1.14. The summed E-state index contributed by atoms with van der Waals surface area (Å²) in [5.41, 5.74) is -0.193. The molecule has 0 heterocycles. The molecule has 1 N–H and O–H groups in total. The summed E-state index contributed by atoms with van der Waals surface area (Å²) in [6, 6.07) is 4.77. The average molecular weight is 380 g/mol. The first-order valence-corrected chi connectivity index (χ1v) is 7.48. The molecule has 2 aromatic carbocycles. The second-order valence-corrected chi connectivity index (χ2v) is 5.34. The van der Waals surface area contributed by atoms with E-state index >= 15 is 0 Å². The van der Waals surface area contributed by atoms with E-state index in [9.17, 15) is 28.5 Å². The zero-order valence-electron chi connectivity index (χ0n) is 14.2. The largest absolute Gasteiger partial charge is 0.490 e. The highest BCUT2D eigenvalue weighted by Crippen LogP contribution is 2.32. The van der Waals surface area contributed by atoms with E-state index in [-0.39, 0.29) is 17.1 Å². The van der Waals surface area contributed by atoms with E-state index in [1.54, 1.807) is 0 Å². The van der Waals surface area contributed by atoms with Crippen molar-refractivity contribution in [3.63, 3.8) is 0 Å². The van der Waals surface area contributed by atoms with Crippen LogP contribution in [0, 0.1) is 28.7 Å². The summed E-state index contributed by atoms with van der Waals surface area (Å²) < 4.78 is 35.9. The molecule has 0 aliphatic carbocycles. The number of esters is 1. The maximum atomic E-state index is 13.5. The molecule has 0 aliphatic rings. The van der Waals surface area contributed by atoms with Gasteiger partial charge in [0.05, 0.1) is 17.6 Å². The summed E-state index contributed by atoms with van der Waals surface area (Å²) in [7, 11) is 1.24. The predicted octanol–water partition coefficient (Wildman–Crippen LogP) is 2.99. The molecular formula is C17H14F2N2O6. The highest BCUT2D eigenvalue weighted by Gasteiger charge is 2.19. The molecule has 0 fully saturated rings. The second kappa shape index (κ2) is 8.21. The fourth-order valence-corrected chi connectivity index (χ4v) is 2.16. The van der Waals surface area contributed by atoms with Crippen molar-refractivity contribution < 1.29 is 32.8 Å². The van der Waals surface area contributed by atoms with E-state index in [0.717, 1.165) is 12.1 Å². The maximum Gasteiger partial charge on any atom is 0.341 e. The summed E-state index contributed by atoms with van der Waals surface area (Å²) in [4.78, 5) is 34.0. The summed E-state index contributed by atoms with van der Waals surface area (Å²) in [6.45, 7) is 0.788. The number of nitro groups is 1. The SMILES string of the molecule is COc1cc(NC(=O)COC(=O)c2ccc(F)cc2F)c(C)cc1[N+](=O)[O-]. The maximum absolute atomic E-state index is 13.5. The lowest BCUT2D eigenvalue weighted by Crippen LogP contribution is -2.22. The molecule has 0 atom stereocenters. The van der Waals surface area contributed by atoms with Gasteiger partial charge in [0.25, 0.3) is 5.91 Å². The molecule has 0 spiro atoms. The molecule has 8 nitrogen and oxygen atoms in total. The van der Waals surface area contributed by atoms with Gasteiger partial charge in [0.15, 0.2) is 12.4 Å². The van der Waals surface area contributed by atoms with Crippen molar-refractivity contribution in [3.05, 3.63) is 63.2 Å². The number of carbonyl (C=O) groups excluding carboxylic acids is 2. The van der Waals surface area contributed by atoms with Crippen LogP contribution in [-0.4, -0.2) is 30.5 Å². The van der Waals surface area contributed by atoms with Crippen LogP contribution in [0.5, 0.6) is 5.75 Å². The number of carbonyl (C=O) groups is 2. The third kappa shape index (κ3) is 4.75. The van der Waals surface area contributed by atoms with Gasteiger partial charge >= 0.3 is 11.7 Å². The Kier molecular flexibility index (Phi) is 6.01. The molecule has 0 unspecified atom stereocenters. The molecule has 0 aromatic heterocycles. The molecule has 0 bridgehead atoms. The predicted molar refractivity (Wildman–Crippen MR) is 89.7 cm³/mol. The topological polar surface area (TPSA) is 108 Å². The second-order valence-electron chi connectivity index (χ2n) is 5.34. The lowest BCUT2D eigenvalue weighted by Gasteiger charge is -2.11. The number of aryl methyl sites for hydroxylation is 1. The average Bonchev–Trinajstić information content (AvgIpc) is 2.60. The first-order valence-electron chi connectivity index (χ1n) is 7.48. The number of hydrogen-bond acceptors (Lipinski definition) is 6. The highest BCUT2D eigenvalue weighted by atomic mass is 19.1.